The van der Waals surface area contributed by atoms with Gasteiger partial charge in [0, 0.05) is 12.0 Å². The molecule has 0 aromatic heterocycles. The van der Waals surface area contributed by atoms with Crippen molar-refractivity contribution in [1.29, 1.82) is 0 Å². The van der Waals surface area contributed by atoms with Gasteiger partial charge in [0.05, 0.1) is 12.7 Å². The molecule has 0 amide bonds. The minimum atomic E-state index is -0.709. The number of hydrogen-bond donors (Lipinski definition) is 1. The Hall–Kier alpha value is -1.07. The maximum absolute atomic E-state index is 11.9. The highest BCUT2D eigenvalue weighted by Gasteiger charge is 2.43. The Labute approximate surface area is 128 Å². The maximum atomic E-state index is 11.9. The number of ether oxygens (including phenoxy) is 3. The topological polar surface area (TPSA) is 65.0 Å². The van der Waals surface area contributed by atoms with Crippen LogP contribution in [0.4, 0.5) is 4.79 Å². The molecule has 0 fully saturated rings. The van der Waals surface area contributed by atoms with Crippen LogP contribution in [0.25, 0.3) is 0 Å². The van der Waals surface area contributed by atoms with Gasteiger partial charge in [0.15, 0.2) is 0 Å². The summed E-state index contributed by atoms with van der Waals surface area (Å²) >= 11 is 0. The normalized spacial score (nSPS) is 15.9. The molecular formula is C16H30O5. The van der Waals surface area contributed by atoms with Crippen molar-refractivity contribution in [2.45, 2.75) is 59.2 Å². The lowest BCUT2D eigenvalue weighted by Crippen LogP contribution is -2.46. The van der Waals surface area contributed by atoms with E-state index in [1.807, 2.05) is 34.6 Å². The van der Waals surface area contributed by atoms with Crippen molar-refractivity contribution in [3.63, 3.8) is 0 Å². The smallest absolute Gasteiger partial charge is 0.432 e. The van der Waals surface area contributed by atoms with Crippen LogP contribution in [-0.4, -0.2) is 42.8 Å². The molecule has 0 saturated heterocycles. The Morgan fingerprint density at radius 3 is 2.48 bits per heavy atom. The number of aliphatic hydroxyl groups is 1. The molecule has 0 radical (unpaired) electrons. The van der Waals surface area contributed by atoms with Crippen molar-refractivity contribution < 1.29 is 24.1 Å². The van der Waals surface area contributed by atoms with Crippen LogP contribution in [0.15, 0.2) is 12.7 Å². The van der Waals surface area contributed by atoms with E-state index in [4.69, 9.17) is 19.3 Å². The first-order valence-corrected chi connectivity index (χ1v) is 7.41. The molecule has 0 aromatic rings. The van der Waals surface area contributed by atoms with E-state index in [1.165, 1.54) is 0 Å². The fourth-order valence-corrected chi connectivity index (χ4v) is 1.91. The highest BCUT2D eigenvalue weighted by molar-refractivity contribution is 5.60. The van der Waals surface area contributed by atoms with Gasteiger partial charge in [-0.1, -0.05) is 26.8 Å². The van der Waals surface area contributed by atoms with Crippen LogP contribution in [0.5, 0.6) is 0 Å². The quantitative estimate of drug-likeness (QED) is 0.495. The maximum Gasteiger partial charge on any atom is 0.508 e. The number of aliphatic hydroxyl groups excluding tert-OH is 1. The summed E-state index contributed by atoms with van der Waals surface area (Å²) in [4.78, 5) is 11.9. The Kier molecular flexibility index (Phi) is 8.59. The summed E-state index contributed by atoms with van der Waals surface area (Å²) in [5.41, 5.74) is -1.04. The van der Waals surface area contributed by atoms with Gasteiger partial charge in [-0.25, -0.2) is 4.79 Å². The van der Waals surface area contributed by atoms with Crippen molar-refractivity contribution in [1.82, 2.24) is 0 Å². The van der Waals surface area contributed by atoms with Crippen molar-refractivity contribution in [2.75, 3.05) is 19.8 Å². The summed E-state index contributed by atoms with van der Waals surface area (Å²) in [5.74, 6) is 0. The lowest BCUT2D eigenvalue weighted by Gasteiger charge is -2.42. The summed E-state index contributed by atoms with van der Waals surface area (Å²) in [6.45, 7) is 13.7. The molecule has 0 aliphatic rings. The summed E-state index contributed by atoms with van der Waals surface area (Å²) in [6, 6.07) is 0. The van der Waals surface area contributed by atoms with Gasteiger partial charge in [0.25, 0.3) is 0 Å². The fraction of sp³-hybridized carbons (Fsp3) is 0.812. The third-order valence-electron chi connectivity index (χ3n) is 4.09. The van der Waals surface area contributed by atoms with Gasteiger partial charge in [-0.2, -0.15) is 0 Å². The second-order valence-electron chi connectivity index (χ2n) is 6.04. The number of carbonyl (C=O) groups is 1. The Bertz CT molecular complexity index is 327. The summed E-state index contributed by atoms with van der Waals surface area (Å²) in [6.07, 6.45) is 1.90. The van der Waals surface area contributed by atoms with Crippen LogP contribution >= 0.6 is 0 Å². The molecule has 2 atom stereocenters. The molecule has 21 heavy (non-hydrogen) atoms. The fourth-order valence-electron chi connectivity index (χ4n) is 1.91. The third-order valence-corrected chi connectivity index (χ3v) is 4.09. The predicted octanol–water partition coefficient (Wildman–Crippen LogP) is 3.31. The minimum absolute atomic E-state index is 0.0490. The van der Waals surface area contributed by atoms with Crippen molar-refractivity contribution >= 4 is 6.16 Å². The van der Waals surface area contributed by atoms with Crippen LogP contribution in [0.1, 0.15) is 47.5 Å². The molecule has 2 unspecified atom stereocenters. The van der Waals surface area contributed by atoms with Gasteiger partial charge in [-0.15, -0.1) is 6.58 Å². The molecule has 0 heterocycles. The summed E-state index contributed by atoms with van der Waals surface area (Å²) in [5, 5.41) is 9.16. The van der Waals surface area contributed by atoms with E-state index in [9.17, 15) is 4.79 Å². The van der Waals surface area contributed by atoms with Gasteiger partial charge in [-0.05, 0) is 26.7 Å². The number of carbonyl (C=O) groups excluding carboxylic acids is 1. The van der Waals surface area contributed by atoms with E-state index >= 15 is 0 Å². The van der Waals surface area contributed by atoms with E-state index in [0.29, 0.717) is 19.4 Å². The van der Waals surface area contributed by atoms with Crippen LogP contribution in [0.3, 0.4) is 0 Å². The predicted molar refractivity (Wildman–Crippen MR) is 82.2 cm³/mol. The summed E-state index contributed by atoms with van der Waals surface area (Å²) in [7, 11) is 0. The van der Waals surface area contributed by atoms with Gasteiger partial charge < -0.3 is 19.3 Å². The van der Waals surface area contributed by atoms with Gasteiger partial charge in [0.2, 0.25) is 0 Å². The molecule has 0 aromatic carbocycles. The average molecular weight is 302 g/mol. The average Bonchev–Trinajstić information content (AvgIpc) is 2.42. The molecule has 1 N–H and O–H groups in total. The molecular weight excluding hydrogens is 272 g/mol. The van der Waals surface area contributed by atoms with Crippen LogP contribution < -0.4 is 0 Å². The molecule has 0 saturated carbocycles. The Morgan fingerprint density at radius 1 is 1.38 bits per heavy atom. The molecule has 0 spiro atoms. The highest BCUT2D eigenvalue weighted by atomic mass is 16.7. The Morgan fingerprint density at radius 2 is 2.00 bits per heavy atom. The van der Waals surface area contributed by atoms with Crippen LogP contribution in [0, 0.1) is 5.41 Å². The van der Waals surface area contributed by atoms with E-state index in [1.54, 1.807) is 6.08 Å². The van der Waals surface area contributed by atoms with Crippen molar-refractivity contribution in [3.8, 4) is 0 Å². The van der Waals surface area contributed by atoms with Gasteiger partial charge in [0.1, 0.15) is 12.2 Å². The zero-order valence-corrected chi connectivity index (χ0v) is 14.0. The van der Waals surface area contributed by atoms with Gasteiger partial charge in [-0.3, -0.25) is 0 Å². The van der Waals surface area contributed by atoms with E-state index in [2.05, 4.69) is 6.58 Å². The van der Waals surface area contributed by atoms with Crippen molar-refractivity contribution in [3.05, 3.63) is 12.7 Å². The monoisotopic (exact) mass is 302 g/mol. The molecule has 124 valence electrons. The molecule has 0 rings (SSSR count). The van der Waals surface area contributed by atoms with Crippen LogP contribution in [-0.2, 0) is 14.2 Å². The summed E-state index contributed by atoms with van der Waals surface area (Å²) < 4.78 is 15.9. The molecule has 0 aliphatic carbocycles. The standard InChI is InChI=1S/C16H30O5/c1-7-11-19-13(3)12-20-14(18)21-16(6,8-2)15(4,5)9-10-17/h7,13,17H,1,8-12H2,2-6H3. The molecule has 5 nitrogen and oxygen atoms in total. The second kappa shape index (κ2) is 9.05. The van der Waals surface area contributed by atoms with Crippen LogP contribution in [0.2, 0.25) is 0 Å². The van der Waals surface area contributed by atoms with Gasteiger partial charge >= 0.3 is 6.16 Å². The van der Waals surface area contributed by atoms with E-state index in [0.717, 1.165) is 0 Å². The SMILES string of the molecule is C=CCOC(C)COC(=O)OC(C)(CC)C(C)(C)CCO. The lowest BCUT2D eigenvalue weighted by atomic mass is 9.72. The first kappa shape index (κ1) is 19.9. The van der Waals surface area contributed by atoms with E-state index in [-0.39, 0.29) is 24.7 Å². The highest BCUT2D eigenvalue weighted by Crippen LogP contribution is 2.39. The zero-order valence-electron chi connectivity index (χ0n) is 14.0. The first-order chi connectivity index (χ1) is 9.72. The zero-order chi connectivity index (χ0) is 16.5. The number of rotatable bonds is 10. The molecule has 5 heteroatoms. The minimum Gasteiger partial charge on any atom is -0.432 e. The molecule has 0 aliphatic heterocycles. The second-order valence-corrected chi connectivity index (χ2v) is 6.04. The first-order valence-electron chi connectivity index (χ1n) is 7.41. The third kappa shape index (κ3) is 6.48. The Balaban J connectivity index is 4.47. The lowest BCUT2D eigenvalue weighted by molar-refractivity contribution is -0.104. The molecule has 0 bridgehead atoms. The van der Waals surface area contributed by atoms with Crippen molar-refractivity contribution in [2.24, 2.45) is 5.41 Å². The largest absolute Gasteiger partial charge is 0.508 e. The van der Waals surface area contributed by atoms with E-state index < -0.39 is 11.8 Å². The number of hydrogen-bond acceptors (Lipinski definition) is 5.